The summed E-state index contributed by atoms with van der Waals surface area (Å²) in [5.74, 6) is -0.221. The van der Waals surface area contributed by atoms with Crippen LogP contribution in [0.2, 0.25) is 5.28 Å². The van der Waals surface area contributed by atoms with E-state index < -0.39 is 5.82 Å². The monoisotopic (exact) mass is 227 g/mol. The second kappa shape index (κ2) is 3.90. The Labute approximate surface area is 90.0 Å². The van der Waals surface area contributed by atoms with Gasteiger partial charge < -0.3 is 0 Å². The van der Waals surface area contributed by atoms with Crippen molar-refractivity contribution in [1.82, 2.24) is 24.7 Å². The van der Waals surface area contributed by atoms with Crippen molar-refractivity contribution in [3.8, 4) is 11.5 Å². The van der Waals surface area contributed by atoms with Crippen LogP contribution in [0.4, 0.5) is 4.39 Å². The van der Waals surface area contributed by atoms with Crippen LogP contribution in [0.3, 0.4) is 0 Å². The average Bonchev–Trinajstić information content (AvgIpc) is 2.69. The van der Waals surface area contributed by atoms with E-state index in [1.807, 2.05) is 6.92 Å². The Morgan fingerprint density at radius 1 is 1.47 bits per heavy atom. The minimum absolute atomic E-state index is 0.0166. The summed E-state index contributed by atoms with van der Waals surface area (Å²) in [4.78, 5) is 11.2. The number of rotatable bonds is 2. The molecule has 2 heterocycles. The Morgan fingerprint density at radius 2 is 2.27 bits per heavy atom. The number of halogens is 2. The summed E-state index contributed by atoms with van der Waals surface area (Å²) in [5.41, 5.74) is 0.0642. The van der Waals surface area contributed by atoms with E-state index in [1.165, 1.54) is 11.0 Å². The van der Waals surface area contributed by atoms with E-state index >= 15 is 0 Å². The van der Waals surface area contributed by atoms with Crippen molar-refractivity contribution < 1.29 is 4.39 Å². The second-order valence-electron chi connectivity index (χ2n) is 2.73. The van der Waals surface area contributed by atoms with Gasteiger partial charge in [0.15, 0.2) is 11.6 Å². The summed E-state index contributed by atoms with van der Waals surface area (Å²) in [7, 11) is 0. The lowest BCUT2D eigenvalue weighted by Gasteiger charge is -2.02. The molecule has 2 aromatic rings. The molecule has 0 saturated heterocycles. The lowest BCUT2D eigenvalue weighted by molar-refractivity contribution is 0.607. The molecule has 0 spiro atoms. The number of aromatic nitrogens is 5. The molecule has 0 aliphatic rings. The Bertz CT molecular complexity index is 484. The van der Waals surface area contributed by atoms with Gasteiger partial charge in [-0.1, -0.05) is 0 Å². The molecule has 78 valence electrons. The van der Waals surface area contributed by atoms with Gasteiger partial charge in [-0.3, -0.25) is 0 Å². The molecule has 0 atom stereocenters. The Balaban J connectivity index is 2.58. The molecule has 0 aliphatic carbocycles. The lowest BCUT2D eigenvalue weighted by Crippen LogP contribution is -2.03. The third-order valence-corrected chi connectivity index (χ3v) is 2.02. The summed E-state index contributed by atoms with van der Waals surface area (Å²) in [6, 6.07) is 0. The number of aryl methyl sites for hydroxylation is 1. The van der Waals surface area contributed by atoms with E-state index in [2.05, 4.69) is 20.1 Å². The molecule has 0 fully saturated rings. The molecule has 0 aliphatic heterocycles. The quantitative estimate of drug-likeness (QED) is 0.731. The maximum Gasteiger partial charge on any atom is 0.223 e. The maximum atomic E-state index is 13.4. The van der Waals surface area contributed by atoms with Gasteiger partial charge in [-0.25, -0.2) is 24.0 Å². The zero-order valence-electron chi connectivity index (χ0n) is 7.85. The normalized spacial score (nSPS) is 10.6. The molecule has 0 unspecified atom stereocenters. The predicted molar refractivity (Wildman–Crippen MR) is 51.7 cm³/mol. The first-order valence-electron chi connectivity index (χ1n) is 4.28. The van der Waals surface area contributed by atoms with Gasteiger partial charge in [-0.2, -0.15) is 5.10 Å². The van der Waals surface area contributed by atoms with E-state index in [9.17, 15) is 4.39 Å². The van der Waals surface area contributed by atoms with Gasteiger partial charge in [0, 0.05) is 6.54 Å². The summed E-state index contributed by atoms with van der Waals surface area (Å²) < 4.78 is 14.9. The molecule has 0 aromatic carbocycles. The average molecular weight is 228 g/mol. The smallest absolute Gasteiger partial charge is 0.223 e. The first-order chi connectivity index (χ1) is 7.22. The van der Waals surface area contributed by atoms with E-state index in [4.69, 9.17) is 11.6 Å². The van der Waals surface area contributed by atoms with Crippen molar-refractivity contribution in [3.63, 3.8) is 0 Å². The molecule has 0 saturated carbocycles. The molecule has 5 nitrogen and oxygen atoms in total. The van der Waals surface area contributed by atoms with Crippen LogP contribution in [0.15, 0.2) is 12.5 Å². The Hall–Kier alpha value is -1.56. The maximum absolute atomic E-state index is 13.4. The largest absolute Gasteiger partial charge is 0.245 e. The van der Waals surface area contributed by atoms with E-state index in [0.29, 0.717) is 12.4 Å². The van der Waals surface area contributed by atoms with Crippen LogP contribution in [0, 0.1) is 5.82 Å². The first kappa shape index (κ1) is 9.97. The molecule has 0 N–H and O–H groups in total. The fourth-order valence-electron chi connectivity index (χ4n) is 1.18. The molecule has 0 bridgehead atoms. The summed E-state index contributed by atoms with van der Waals surface area (Å²) >= 11 is 5.58. The van der Waals surface area contributed by atoms with Crippen LogP contribution in [0.5, 0.6) is 0 Å². The molecular weight excluding hydrogens is 221 g/mol. The fraction of sp³-hybridized carbons (Fsp3) is 0.250. The van der Waals surface area contributed by atoms with E-state index in [1.54, 1.807) is 0 Å². The standard InChI is InChI=1S/C8H7ClFN5/c1-2-15-7(12-4-13-15)6-5(10)3-11-8(9)14-6/h3-4H,2H2,1H3. The van der Waals surface area contributed by atoms with Crippen molar-refractivity contribution in [2.75, 3.05) is 0 Å². The van der Waals surface area contributed by atoms with Crippen molar-refractivity contribution in [2.45, 2.75) is 13.5 Å². The summed E-state index contributed by atoms with van der Waals surface area (Å²) in [6.07, 6.45) is 2.35. The van der Waals surface area contributed by atoms with Crippen molar-refractivity contribution in [1.29, 1.82) is 0 Å². The van der Waals surface area contributed by atoms with Crippen LogP contribution in [-0.2, 0) is 6.54 Å². The highest BCUT2D eigenvalue weighted by Crippen LogP contribution is 2.18. The van der Waals surface area contributed by atoms with Crippen molar-refractivity contribution >= 4 is 11.6 Å². The minimum atomic E-state index is -0.567. The Morgan fingerprint density at radius 3 is 3.00 bits per heavy atom. The van der Waals surface area contributed by atoms with Crippen molar-refractivity contribution in [2.24, 2.45) is 0 Å². The molecule has 7 heteroatoms. The highest BCUT2D eigenvalue weighted by molar-refractivity contribution is 6.28. The van der Waals surface area contributed by atoms with Crippen LogP contribution < -0.4 is 0 Å². The van der Waals surface area contributed by atoms with Crippen LogP contribution in [0.1, 0.15) is 6.92 Å². The predicted octanol–water partition coefficient (Wildman–Crippen LogP) is 1.55. The molecule has 0 radical (unpaired) electrons. The highest BCUT2D eigenvalue weighted by atomic mass is 35.5. The minimum Gasteiger partial charge on any atom is -0.245 e. The molecule has 2 rings (SSSR count). The molecule has 0 amide bonds. The van der Waals surface area contributed by atoms with Gasteiger partial charge in [-0.15, -0.1) is 0 Å². The van der Waals surface area contributed by atoms with Crippen LogP contribution >= 0.6 is 11.6 Å². The third kappa shape index (κ3) is 1.80. The first-order valence-corrected chi connectivity index (χ1v) is 4.66. The summed E-state index contributed by atoms with van der Waals surface area (Å²) in [5, 5.41) is 3.90. The van der Waals surface area contributed by atoms with Gasteiger partial charge in [0.1, 0.15) is 12.0 Å². The highest BCUT2D eigenvalue weighted by Gasteiger charge is 2.14. The molecular formula is C8H7ClFN5. The van der Waals surface area contributed by atoms with Gasteiger partial charge in [0.25, 0.3) is 0 Å². The zero-order valence-corrected chi connectivity index (χ0v) is 8.61. The van der Waals surface area contributed by atoms with Gasteiger partial charge >= 0.3 is 0 Å². The van der Waals surface area contributed by atoms with E-state index in [-0.39, 0.29) is 11.0 Å². The van der Waals surface area contributed by atoms with Gasteiger partial charge in [0.05, 0.1) is 6.20 Å². The van der Waals surface area contributed by atoms with Gasteiger partial charge in [-0.05, 0) is 18.5 Å². The number of hydrogen-bond donors (Lipinski definition) is 0. The lowest BCUT2D eigenvalue weighted by atomic mass is 10.3. The zero-order chi connectivity index (χ0) is 10.8. The van der Waals surface area contributed by atoms with E-state index in [0.717, 1.165) is 6.20 Å². The fourth-order valence-corrected chi connectivity index (χ4v) is 1.31. The molecule has 2 aromatic heterocycles. The van der Waals surface area contributed by atoms with Crippen LogP contribution in [0.25, 0.3) is 11.5 Å². The number of nitrogens with zero attached hydrogens (tertiary/aromatic N) is 5. The number of hydrogen-bond acceptors (Lipinski definition) is 4. The summed E-state index contributed by atoms with van der Waals surface area (Å²) in [6.45, 7) is 2.45. The van der Waals surface area contributed by atoms with Crippen molar-refractivity contribution in [3.05, 3.63) is 23.6 Å². The Kier molecular flexibility index (Phi) is 2.59. The third-order valence-electron chi connectivity index (χ3n) is 1.84. The second-order valence-corrected chi connectivity index (χ2v) is 3.07. The topological polar surface area (TPSA) is 56.5 Å². The van der Waals surface area contributed by atoms with Crippen LogP contribution in [-0.4, -0.2) is 24.7 Å². The molecule has 15 heavy (non-hydrogen) atoms. The SMILES string of the molecule is CCn1ncnc1-c1nc(Cl)ncc1F. The van der Waals surface area contributed by atoms with Gasteiger partial charge in [0.2, 0.25) is 5.28 Å².